The van der Waals surface area contributed by atoms with E-state index in [1.165, 1.54) is 12.1 Å². The van der Waals surface area contributed by atoms with Gasteiger partial charge in [0.1, 0.15) is 0 Å². The number of ether oxygens (including phenoxy) is 1. The van der Waals surface area contributed by atoms with Crippen molar-refractivity contribution < 1.29 is 23.0 Å². The van der Waals surface area contributed by atoms with Crippen molar-refractivity contribution in [1.82, 2.24) is 10.2 Å². The zero-order chi connectivity index (χ0) is 17.6. The maximum absolute atomic E-state index is 12.5. The number of hydrogen-bond donors (Lipinski definition) is 2. The Balaban J connectivity index is 1.71. The third kappa shape index (κ3) is 6.05. The summed E-state index contributed by atoms with van der Waals surface area (Å²) in [7, 11) is 1.57. The third-order valence-electron chi connectivity index (χ3n) is 4.29. The van der Waals surface area contributed by atoms with Gasteiger partial charge in [0.15, 0.2) is 0 Å². The zero-order valence-electron chi connectivity index (χ0n) is 13.9. The highest BCUT2D eigenvalue weighted by Crippen LogP contribution is 2.29. The number of aliphatic hydroxyl groups excluding tert-OH is 1. The number of halogens is 3. The van der Waals surface area contributed by atoms with E-state index in [4.69, 9.17) is 4.74 Å². The Morgan fingerprint density at radius 3 is 2.42 bits per heavy atom. The lowest BCUT2D eigenvalue weighted by atomic mass is 10.0. The Kier molecular flexibility index (Phi) is 7.03. The van der Waals surface area contributed by atoms with Gasteiger partial charge in [0, 0.05) is 26.2 Å². The number of benzene rings is 1. The lowest BCUT2D eigenvalue weighted by molar-refractivity contribution is -0.137. The van der Waals surface area contributed by atoms with E-state index in [0.29, 0.717) is 25.7 Å². The summed E-state index contributed by atoms with van der Waals surface area (Å²) >= 11 is 0. The Morgan fingerprint density at radius 2 is 1.88 bits per heavy atom. The van der Waals surface area contributed by atoms with Gasteiger partial charge in [0.25, 0.3) is 0 Å². The van der Waals surface area contributed by atoms with E-state index < -0.39 is 17.8 Å². The summed E-state index contributed by atoms with van der Waals surface area (Å²) < 4.78 is 42.5. The summed E-state index contributed by atoms with van der Waals surface area (Å²) in [6.45, 7) is 3.30. The average molecular weight is 346 g/mol. The van der Waals surface area contributed by atoms with Crippen molar-refractivity contribution in [3.63, 3.8) is 0 Å². The lowest BCUT2D eigenvalue weighted by Crippen LogP contribution is -2.45. The number of likely N-dealkylation sites (tertiary alicyclic amines) is 1. The van der Waals surface area contributed by atoms with Crippen LogP contribution in [0.4, 0.5) is 13.2 Å². The van der Waals surface area contributed by atoms with Gasteiger partial charge in [-0.3, -0.25) is 0 Å². The Hall–Kier alpha value is -1.15. The van der Waals surface area contributed by atoms with Gasteiger partial charge in [-0.2, -0.15) is 13.2 Å². The molecule has 2 rings (SSSR count). The highest BCUT2D eigenvalue weighted by atomic mass is 19.4. The Morgan fingerprint density at radius 1 is 1.25 bits per heavy atom. The van der Waals surface area contributed by atoms with Gasteiger partial charge in [0.2, 0.25) is 0 Å². The number of piperidine rings is 1. The molecule has 24 heavy (non-hydrogen) atoms. The molecule has 0 spiro atoms. The molecule has 0 radical (unpaired) electrons. The van der Waals surface area contributed by atoms with Crippen molar-refractivity contribution in [2.24, 2.45) is 0 Å². The molecule has 1 aliphatic heterocycles. The monoisotopic (exact) mass is 346 g/mol. The van der Waals surface area contributed by atoms with Crippen LogP contribution in [-0.4, -0.2) is 55.5 Å². The molecule has 0 aromatic heterocycles. The van der Waals surface area contributed by atoms with Crippen molar-refractivity contribution in [2.75, 3.05) is 33.4 Å². The lowest BCUT2D eigenvalue weighted by Gasteiger charge is -2.33. The fraction of sp³-hybridized carbons (Fsp3) is 0.647. The third-order valence-corrected chi connectivity index (χ3v) is 4.29. The minimum absolute atomic E-state index is 0.339. The molecular formula is C17H25F3N2O2. The van der Waals surface area contributed by atoms with Gasteiger partial charge in [0.05, 0.1) is 18.3 Å². The van der Waals surface area contributed by atoms with Gasteiger partial charge < -0.3 is 20.1 Å². The summed E-state index contributed by atoms with van der Waals surface area (Å²) in [5.41, 5.74) is 0.232. The molecule has 136 valence electrons. The number of alkyl halides is 3. The molecule has 1 unspecified atom stereocenters. The minimum atomic E-state index is -4.29. The quantitative estimate of drug-likeness (QED) is 0.795. The molecule has 0 saturated carbocycles. The number of β-amino-alcohol motifs (C(OH)–C–C–N with tert-alkyl or cyclic N) is 1. The fourth-order valence-corrected chi connectivity index (χ4v) is 2.94. The summed E-state index contributed by atoms with van der Waals surface area (Å²) in [5.74, 6) is 0. The van der Waals surface area contributed by atoms with E-state index in [-0.39, 0.29) is 0 Å². The Bertz CT molecular complexity index is 486. The number of nitrogens with zero attached hydrogens (tertiary/aromatic N) is 1. The SMILES string of the molecule is COCC(O)CN1CCC(NCc2ccc(C(F)(F)F)cc2)CC1. The van der Waals surface area contributed by atoms with E-state index in [0.717, 1.165) is 43.6 Å². The molecule has 1 aromatic rings. The van der Waals surface area contributed by atoms with Crippen LogP contribution in [0.15, 0.2) is 24.3 Å². The molecule has 4 nitrogen and oxygen atoms in total. The molecule has 1 aromatic carbocycles. The van der Waals surface area contributed by atoms with E-state index >= 15 is 0 Å². The highest BCUT2D eigenvalue weighted by Gasteiger charge is 2.30. The number of hydrogen-bond acceptors (Lipinski definition) is 4. The second-order valence-corrected chi connectivity index (χ2v) is 6.26. The summed E-state index contributed by atoms with van der Waals surface area (Å²) in [6.07, 6.45) is -2.83. The molecule has 1 heterocycles. The van der Waals surface area contributed by atoms with Crippen molar-refractivity contribution >= 4 is 0 Å². The molecule has 1 saturated heterocycles. The number of rotatable bonds is 7. The molecule has 0 aliphatic carbocycles. The molecule has 0 amide bonds. The van der Waals surface area contributed by atoms with Crippen LogP contribution < -0.4 is 5.32 Å². The van der Waals surface area contributed by atoms with Crippen molar-refractivity contribution in [2.45, 2.75) is 37.7 Å². The predicted octanol–water partition coefficient (Wildman–Crippen LogP) is 2.27. The van der Waals surface area contributed by atoms with Gasteiger partial charge in [-0.05, 0) is 43.6 Å². The summed E-state index contributed by atoms with van der Waals surface area (Å²) in [5, 5.41) is 13.1. The van der Waals surface area contributed by atoms with E-state index in [2.05, 4.69) is 10.2 Å². The average Bonchev–Trinajstić information content (AvgIpc) is 2.54. The standard InChI is InChI=1S/C17H25F3N2O2/c1-24-12-16(23)11-22-8-6-15(7-9-22)21-10-13-2-4-14(5-3-13)17(18,19)20/h2-5,15-16,21,23H,6-12H2,1H3. The molecule has 1 fully saturated rings. The van der Waals surface area contributed by atoms with Crippen LogP contribution >= 0.6 is 0 Å². The second kappa shape index (κ2) is 8.80. The molecule has 1 atom stereocenters. The van der Waals surface area contributed by atoms with Crippen LogP contribution in [0.3, 0.4) is 0 Å². The summed E-state index contributed by atoms with van der Waals surface area (Å²) in [6, 6.07) is 5.63. The van der Waals surface area contributed by atoms with E-state index in [9.17, 15) is 18.3 Å². The van der Waals surface area contributed by atoms with Gasteiger partial charge in [-0.25, -0.2) is 0 Å². The molecular weight excluding hydrogens is 321 g/mol. The van der Waals surface area contributed by atoms with Crippen molar-refractivity contribution in [3.05, 3.63) is 35.4 Å². The fourth-order valence-electron chi connectivity index (χ4n) is 2.94. The van der Waals surface area contributed by atoms with Crippen LogP contribution in [0.2, 0.25) is 0 Å². The minimum Gasteiger partial charge on any atom is -0.389 e. The molecule has 0 bridgehead atoms. The topological polar surface area (TPSA) is 44.7 Å². The smallest absolute Gasteiger partial charge is 0.389 e. The zero-order valence-corrected chi connectivity index (χ0v) is 13.9. The van der Waals surface area contributed by atoms with Crippen LogP contribution in [0.1, 0.15) is 24.0 Å². The van der Waals surface area contributed by atoms with Crippen LogP contribution in [0.25, 0.3) is 0 Å². The molecule has 2 N–H and O–H groups in total. The second-order valence-electron chi connectivity index (χ2n) is 6.26. The first-order valence-corrected chi connectivity index (χ1v) is 8.17. The normalized spacial score (nSPS) is 18.7. The number of aliphatic hydroxyl groups is 1. The van der Waals surface area contributed by atoms with Crippen molar-refractivity contribution in [3.8, 4) is 0 Å². The Labute approximate surface area is 140 Å². The van der Waals surface area contributed by atoms with E-state index in [1.807, 2.05) is 0 Å². The van der Waals surface area contributed by atoms with Gasteiger partial charge >= 0.3 is 6.18 Å². The van der Waals surface area contributed by atoms with Crippen LogP contribution in [-0.2, 0) is 17.5 Å². The first-order valence-electron chi connectivity index (χ1n) is 8.17. The number of methoxy groups -OCH3 is 1. The van der Waals surface area contributed by atoms with E-state index in [1.54, 1.807) is 7.11 Å². The first-order chi connectivity index (χ1) is 11.4. The first kappa shape index (κ1) is 19.2. The largest absolute Gasteiger partial charge is 0.416 e. The molecule has 1 aliphatic rings. The summed E-state index contributed by atoms with van der Waals surface area (Å²) in [4.78, 5) is 2.21. The van der Waals surface area contributed by atoms with Crippen molar-refractivity contribution in [1.29, 1.82) is 0 Å². The highest BCUT2D eigenvalue weighted by molar-refractivity contribution is 5.24. The van der Waals surface area contributed by atoms with Gasteiger partial charge in [-0.15, -0.1) is 0 Å². The predicted molar refractivity (Wildman–Crippen MR) is 85.6 cm³/mol. The van der Waals surface area contributed by atoms with Crippen LogP contribution in [0, 0.1) is 0 Å². The van der Waals surface area contributed by atoms with Crippen LogP contribution in [0.5, 0.6) is 0 Å². The van der Waals surface area contributed by atoms with Gasteiger partial charge in [-0.1, -0.05) is 12.1 Å². The maximum atomic E-state index is 12.5. The number of nitrogens with one attached hydrogen (secondary N) is 1. The molecule has 7 heteroatoms. The maximum Gasteiger partial charge on any atom is 0.416 e.